The van der Waals surface area contributed by atoms with Crippen LogP contribution in [0, 0.1) is 5.92 Å². The standard InChI is InChI=1S/C19H26N2O5/c1-24-16-8-7-12(9-17(16)26-13-5-3-4-6-13)14-10-21(19(20)23)11-15(14)18(22)25-2/h7-9,13-15H,3-6,10-11H2,1-2H3,(H2,20,23)/t14-,15-/m0/s1. The molecule has 1 aliphatic carbocycles. The number of benzene rings is 1. The van der Waals surface area contributed by atoms with Gasteiger partial charge in [-0.1, -0.05) is 6.07 Å². The molecule has 0 unspecified atom stereocenters. The fourth-order valence-electron chi connectivity index (χ4n) is 3.91. The number of primary amides is 1. The maximum absolute atomic E-state index is 12.2. The Kier molecular flexibility index (Phi) is 5.54. The highest BCUT2D eigenvalue weighted by molar-refractivity contribution is 5.78. The van der Waals surface area contributed by atoms with E-state index in [9.17, 15) is 9.59 Å². The highest BCUT2D eigenvalue weighted by Crippen LogP contribution is 2.39. The number of ether oxygens (including phenoxy) is 3. The summed E-state index contributed by atoms with van der Waals surface area (Å²) in [5, 5.41) is 0. The van der Waals surface area contributed by atoms with Crippen molar-refractivity contribution in [1.82, 2.24) is 4.90 Å². The molecule has 1 saturated carbocycles. The Morgan fingerprint density at radius 1 is 1.12 bits per heavy atom. The first-order valence-corrected chi connectivity index (χ1v) is 9.00. The molecule has 2 amide bonds. The lowest BCUT2D eigenvalue weighted by Crippen LogP contribution is -2.34. The van der Waals surface area contributed by atoms with Crippen LogP contribution >= 0.6 is 0 Å². The van der Waals surface area contributed by atoms with Crippen molar-refractivity contribution >= 4 is 12.0 Å². The molecule has 1 aromatic carbocycles. The van der Waals surface area contributed by atoms with Gasteiger partial charge in [0.05, 0.1) is 26.2 Å². The molecular formula is C19H26N2O5. The van der Waals surface area contributed by atoms with Crippen LogP contribution in [0.4, 0.5) is 4.79 Å². The van der Waals surface area contributed by atoms with E-state index in [1.807, 2.05) is 18.2 Å². The Bertz CT molecular complexity index is 672. The van der Waals surface area contributed by atoms with Crippen molar-refractivity contribution in [3.8, 4) is 11.5 Å². The number of esters is 1. The van der Waals surface area contributed by atoms with E-state index in [2.05, 4.69) is 0 Å². The maximum atomic E-state index is 12.2. The number of rotatable bonds is 5. The molecule has 142 valence electrons. The van der Waals surface area contributed by atoms with Crippen molar-refractivity contribution in [2.45, 2.75) is 37.7 Å². The van der Waals surface area contributed by atoms with Gasteiger partial charge in [-0.25, -0.2) is 4.79 Å². The zero-order chi connectivity index (χ0) is 18.7. The smallest absolute Gasteiger partial charge is 0.314 e. The number of likely N-dealkylation sites (tertiary alicyclic amines) is 1. The highest BCUT2D eigenvalue weighted by Gasteiger charge is 2.41. The van der Waals surface area contributed by atoms with Gasteiger partial charge in [0.1, 0.15) is 0 Å². The minimum atomic E-state index is -0.530. The Labute approximate surface area is 153 Å². The van der Waals surface area contributed by atoms with Crippen LogP contribution in [-0.2, 0) is 9.53 Å². The van der Waals surface area contributed by atoms with Gasteiger partial charge in [0, 0.05) is 19.0 Å². The third kappa shape index (κ3) is 3.71. The minimum absolute atomic E-state index is 0.188. The summed E-state index contributed by atoms with van der Waals surface area (Å²) in [6.45, 7) is 0.641. The van der Waals surface area contributed by atoms with Crippen molar-refractivity contribution in [2.24, 2.45) is 11.7 Å². The summed E-state index contributed by atoms with van der Waals surface area (Å²) in [6, 6.07) is 5.14. The lowest BCUT2D eigenvalue weighted by atomic mass is 9.89. The molecule has 3 rings (SSSR count). The largest absolute Gasteiger partial charge is 0.493 e. The summed E-state index contributed by atoms with van der Waals surface area (Å²) < 4.78 is 16.5. The average Bonchev–Trinajstić information content (AvgIpc) is 3.30. The van der Waals surface area contributed by atoms with E-state index in [1.54, 1.807) is 7.11 Å². The van der Waals surface area contributed by atoms with Crippen LogP contribution in [-0.4, -0.2) is 50.3 Å². The number of carbonyl (C=O) groups is 2. The van der Waals surface area contributed by atoms with Crippen LogP contribution in [0.2, 0.25) is 0 Å². The number of amides is 2. The molecule has 7 nitrogen and oxygen atoms in total. The van der Waals surface area contributed by atoms with E-state index in [0.717, 1.165) is 18.4 Å². The van der Waals surface area contributed by atoms with Crippen LogP contribution in [0.1, 0.15) is 37.2 Å². The molecule has 0 radical (unpaired) electrons. The van der Waals surface area contributed by atoms with Gasteiger partial charge < -0.3 is 24.8 Å². The average molecular weight is 362 g/mol. The van der Waals surface area contributed by atoms with E-state index < -0.39 is 11.9 Å². The van der Waals surface area contributed by atoms with Gasteiger partial charge >= 0.3 is 12.0 Å². The number of methoxy groups -OCH3 is 2. The van der Waals surface area contributed by atoms with Crippen molar-refractivity contribution in [1.29, 1.82) is 0 Å². The molecule has 0 spiro atoms. The molecule has 2 fully saturated rings. The first-order valence-electron chi connectivity index (χ1n) is 9.00. The first kappa shape index (κ1) is 18.4. The maximum Gasteiger partial charge on any atom is 0.314 e. The van der Waals surface area contributed by atoms with Crippen LogP contribution in [0.3, 0.4) is 0 Å². The quantitative estimate of drug-likeness (QED) is 0.812. The second-order valence-corrected chi connectivity index (χ2v) is 6.91. The Balaban J connectivity index is 1.88. The normalized spacial score (nSPS) is 23.1. The number of urea groups is 1. The summed E-state index contributed by atoms with van der Waals surface area (Å²) in [7, 11) is 2.97. The second kappa shape index (κ2) is 7.85. The molecule has 2 atom stereocenters. The van der Waals surface area contributed by atoms with Crippen molar-refractivity contribution in [3.63, 3.8) is 0 Å². The summed E-state index contributed by atoms with van der Waals surface area (Å²) in [5.41, 5.74) is 6.33. The van der Waals surface area contributed by atoms with Gasteiger partial charge in [0.15, 0.2) is 11.5 Å². The monoisotopic (exact) mass is 362 g/mol. The summed E-state index contributed by atoms with van der Waals surface area (Å²) >= 11 is 0. The molecule has 2 N–H and O–H groups in total. The molecule has 1 aromatic rings. The lowest BCUT2D eigenvalue weighted by molar-refractivity contribution is -0.145. The fraction of sp³-hybridized carbons (Fsp3) is 0.579. The molecule has 0 aromatic heterocycles. The van der Waals surface area contributed by atoms with Gasteiger partial charge in [0.2, 0.25) is 0 Å². The van der Waals surface area contributed by atoms with Crippen LogP contribution in [0.25, 0.3) is 0 Å². The number of carbonyl (C=O) groups excluding carboxylic acids is 2. The molecular weight excluding hydrogens is 336 g/mol. The van der Waals surface area contributed by atoms with E-state index in [1.165, 1.54) is 24.9 Å². The van der Waals surface area contributed by atoms with Gasteiger partial charge in [-0.05, 0) is 43.4 Å². The number of hydrogen-bond acceptors (Lipinski definition) is 5. The van der Waals surface area contributed by atoms with Crippen molar-refractivity contribution < 1.29 is 23.8 Å². The fourth-order valence-corrected chi connectivity index (χ4v) is 3.91. The molecule has 2 aliphatic rings. The Hall–Kier alpha value is -2.44. The third-order valence-electron chi connectivity index (χ3n) is 5.35. The SMILES string of the molecule is COC(=O)[C@H]1CN(C(N)=O)C[C@H]1c1ccc(OC)c(OC2CCCC2)c1. The van der Waals surface area contributed by atoms with E-state index in [4.69, 9.17) is 19.9 Å². The molecule has 1 aliphatic heterocycles. The molecule has 1 saturated heterocycles. The van der Waals surface area contributed by atoms with Gasteiger partial charge in [0.25, 0.3) is 0 Å². The first-order chi connectivity index (χ1) is 12.5. The zero-order valence-corrected chi connectivity index (χ0v) is 15.3. The summed E-state index contributed by atoms with van der Waals surface area (Å²) in [6.07, 6.45) is 4.62. The van der Waals surface area contributed by atoms with Crippen molar-refractivity contribution in [3.05, 3.63) is 23.8 Å². The van der Waals surface area contributed by atoms with Gasteiger partial charge in [-0.2, -0.15) is 0 Å². The topological polar surface area (TPSA) is 91.1 Å². The molecule has 7 heteroatoms. The molecule has 0 bridgehead atoms. The predicted molar refractivity (Wildman–Crippen MR) is 95.3 cm³/mol. The van der Waals surface area contributed by atoms with E-state index in [0.29, 0.717) is 18.0 Å². The molecule has 1 heterocycles. The van der Waals surface area contributed by atoms with Crippen LogP contribution < -0.4 is 15.2 Å². The number of nitrogens with zero attached hydrogens (tertiary/aromatic N) is 1. The molecule has 26 heavy (non-hydrogen) atoms. The highest BCUT2D eigenvalue weighted by atomic mass is 16.5. The second-order valence-electron chi connectivity index (χ2n) is 6.91. The summed E-state index contributed by atoms with van der Waals surface area (Å²) in [5.74, 6) is 0.373. The summed E-state index contributed by atoms with van der Waals surface area (Å²) in [4.78, 5) is 25.3. The number of hydrogen-bond donors (Lipinski definition) is 1. The van der Waals surface area contributed by atoms with Gasteiger partial charge in [-0.15, -0.1) is 0 Å². The Morgan fingerprint density at radius 3 is 2.46 bits per heavy atom. The van der Waals surface area contributed by atoms with E-state index >= 15 is 0 Å². The number of nitrogens with two attached hydrogens (primary N) is 1. The minimum Gasteiger partial charge on any atom is -0.493 e. The Morgan fingerprint density at radius 2 is 1.85 bits per heavy atom. The van der Waals surface area contributed by atoms with Crippen LogP contribution in [0.15, 0.2) is 18.2 Å². The van der Waals surface area contributed by atoms with E-state index in [-0.39, 0.29) is 24.5 Å². The van der Waals surface area contributed by atoms with Gasteiger partial charge in [-0.3, -0.25) is 4.79 Å². The third-order valence-corrected chi connectivity index (χ3v) is 5.35. The van der Waals surface area contributed by atoms with Crippen molar-refractivity contribution in [2.75, 3.05) is 27.3 Å². The lowest BCUT2D eigenvalue weighted by Gasteiger charge is -2.20. The zero-order valence-electron chi connectivity index (χ0n) is 15.3. The van der Waals surface area contributed by atoms with Crippen LogP contribution in [0.5, 0.6) is 11.5 Å². The predicted octanol–water partition coefficient (Wildman–Crippen LogP) is 2.28.